The molecule has 2 N–H and O–H groups in total. The summed E-state index contributed by atoms with van der Waals surface area (Å²) in [5, 5.41) is 9.88. The third kappa shape index (κ3) is 5.16. The number of hydrogen-bond donors (Lipinski definition) is 2. The molecule has 0 unspecified atom stereocenters. The molecule has 0 aliphatic heterocycles. The first kappa shape index (κ1) is 19.1. The molecule has 0 aliphatic carbocycles. The number of methoxy groups -OCH3 is 1. The summed E-state index contributed by atoms with van der Waals surface area (Å²) in [5.41, 5.74) is 2.08. The van der Waals surface area contributed by atoms with E-state index in [0.29, 0.717) is 30.9 Å². The number of nitrogens with one attached hydrogen (secondary N) is 2. The van der Waals surface area contributed by atoms with E-state index in [9.17, 15) is 9.59 Å². The molecule has 144 valence electrons. The van der Waals surface area contributed by atoms with Crippen molar-refractivity contribution < 1.29 is 9.53 Å². The van der Waals surface area contributed by atoms with Gasteiger partial charge in [0.1, 0.15) is 5.75 Å². The monoisotopic (exact) mass is 379 g/mol. The fourth-order valence-corrected chi connectivity index (χ4v) is 2.57. The number of rotatable bonds is 7. The number of urea groups is 1. The molecule has 3 aromatic rings. The molecular formula is C20H21N5O3. The van der Waals surface area contributed by atoms with E-state index < -0.39 is 0 Å². The zero-order valence-corrected chi connectivity index (χ0v) is 15.5. The zero-order chi connectivity index (χ0) is 19.8. The molecule has 28 heavy (non-hydrogen) atoms. The topological polar surface area (TPSA) is 98.1 Å². The van der Waals surface area contributed by atoms with Crippen LogP contribution in [0.3, 0.4) is 0 Å². The largest absolute Gasteiger partial charge is 0.497 e. The molecular weight excluding hydrogens is 358 g/mol. The first-order valence-electron chi connectivity index (χ1n) is 8.83. The number of anilines is 1. The highest BCUT2D eigenvalue weighted by Gasteiger charge is 2.05. The Bertz CT molecular complexity index is 971. The quantitative estimate of drug-likeness (QED) is 0.615. The van der Waals surface area contributed by atoms with Gasteiger partial charge in [-0.25, -0.2) is 9.48 Å². The predicted octanol–water partition coefficient (Wildman–Crippen LogP) is 2.53. The molecule has 0 atom stereocenters. The van der Waals surface area contributed by atoms with Crippen LogP contribution < -0.4 is 20.9 Å². The smallest absolute Gasteiger partial charge is 0.319 e. The minimum absolute atomic E-state index is 0.180. The number of aromatic nitrogens is 3. The highest BCUT2D eigenvalue weighted by atomic mass is 16.5. The van der Waals surface area contributed by atoms with E-state index in [1.54, 1.807) is 49.8 Å². The summed E-state index contributed by atoms with van der Waals surface area (Å²) in [6, 6.07) is 13.6. The van der Waals surface area contributed by atoms with Crippen LogP contribution in [0.5, 0.6) is 5.75 Å². The van der Waals surface area contributed by atoms with Gasteiger partial charge < -0.3 is 15.4 Å². The van der Waals surface area contributed by atoms with Crippen molar-refractivity contribution in [3.8, 4) is 17.0 Å². The van der Waals surface area contributed by atoms with Crippen LogP contribution in [-0.2, 0) is 6.54 Å². The van der Waals surface area contributed by atoms with Crippen LogP contribution in [0.4, 0.5) is 10.5 Å². The van der Waals surface area contributed by atoms with E-state index >= 15 is 0 Å². The van der Waals surface area contributed by atoms with Crippen molar-refractivity contribution in [3.63, 3.8) is 0 Å². The molecule has 1 aromatic carbocycles. The molecule has 0 saturated heterocycles. The molecule has 2 aromatic heterocycles. The normalized spacial score (nSPS) is 10.3. The van der Waals surface area contributed by atoms with E-state index in [4.69, 9.17) is 4.74 Å². The van der Waals surface area contributed by atoms with Crippen LogP contribution in [0.25, 0.3) is 11.3 Å². The lowest BCUT2D eigenvalue weighted by Gasteiger charge is -2.09. The van der Waals surface area contributed by atoms with E-state index in [0.717, 1.165) is 11.3 Å². The van der Waals surface area contributed by atoms with Gasteiger partial charge >= 0.3 is 6.03 Å². The van der Waals surface area contributed by atoms with E-state index in [2.05, 4.69) is 20.7 Å². The van der Waals surface area contributed by atoms with Crippen molar-refractivity contribution in [1.29, 1.82) is 0 Å². The first-order valence-corrected chi connectivity index (χ1v) is 8.83. The Morgan fingerprint density at radius 3 is 2.54 bits per heavy atom. The fraction of sp³-hybridized carbons (Fsp3) is 0.200. The van der Waals surface area contributed by atoms with Gasteiger partial charge in [-0.05, 0) is 48.9 Å². The molecule has 3 rings (SSSR count). The average Bonchev–Trinajstić information content (AvgIpc) is 2.73. The first-order chi connectivity index (χ1) is 13.7. The number of aryl methyl sites for hydroxylation is 1. The van der Waals surface area contributed by atoms with Gasteiger partial charge in [0.2, 0.25) is 0 Å². The van der Waals surface area contributed by atoms with Crippen molar-refractivity contribution in [2.24, 2.45) is 0 Å². The number of carbonyl (C=O) groups excluding carboxylic acids is 1. The van der Waals surface area contributed by atoms with Crippen molar-refractivity contribution in [2.45, 2.75) is 13.0 Å². The van der Waals surface area contributed by atoms with Gasteiger partial charge in [-0.1, -0.05) is 0 Å². The number of amides is 2. The van der Waals surface area contributed by atoms with Gasteiger partial charge in [0.15, 0.2) is 0 Å². The van der Waals surface area contributed by atoms with Crippen molar-refractivity contribution >= 4 is 11.7 Å². The number of hydrogen-bond acceptors (Lipinski definition) is 5. The Balaban J connectivity index is 1.49. The van der Waals surface area contributed by atoms with Crippen LogP contribution in [0.2, 0.25) is 0 Å². The number of pyridine rings is 1. The maximum absolute atomic E-state index is 12.0. The molecule has 0 fully saturated rings. The maximum atomic E-state index is 12.0. The second-order valence-electron chi connectivity index (χ2n) is 5.98. The van der Waals surface area contributed by atoms with Crippen LogP contribution >= 0.6 is 0 Å². The second kappa shape index (κ2) is 9.31. The SMILES string of the molecule is COc1ccc(NC(=O)NCCCn2nc(-c3ccncc3)ccc2=O)cc1. The minimum atomic E-state index is -0.309. The zero-order valence-electron chi connectivity index (χ0n) is 15.5. The van der Waals surface area contributed by atoms with E-state index in [-0.39, 0.29) is 11.6 Å². The van der Waals surface area contributed by atoms with E-state index in [1.165, 1.54) is 10.7 Å². The summed E-state index contributed by atoms with van der Waals surface area (Å²) in [5.74, 6) is 0.720. The Hall–Kier alpha value is -3.68. The van der Waals surface area contributed by atoms with Crippen LogP contribution in [-0.4, -0.2) is 34.5 Å². The van der Waals surface area contributed by atoms with Crippen LogP contribution in [0.15, 0.2) is 65.7 Å². The predicted molar refractivity (Wildman–Crippen MR) is 106 cm³/mol. The Morgan fingerprint density at radius 2 is 1.82 bits per heavy atom. The molecule has 8 nitrogen and oxygen atoms in total. The third-order valence-corrected chi connectivity index (χ3v) is 4.02. The fourth-order valence-electron chi connectivity index (χ4n) is 2.57. The lowest BCUT2D eigenvalue weighted by atomic mass is 10.2. The lowest BCUT2D eigenvalue weighted by Crippen LogP contribution is -2.31. The molecule has 0 bridgehead atoms. The van der Waals surface area contributed by atoms with Gasteiger partial charge in [-0.2, -0.15) is 5.10 Å². The maximum Gasteiger partial charge on any atom is 0.319 e. The molecule has 0 radical (unpaired) electrons. The Kier molecular flexibility index (Phi) is 6.35. The third-order valence-electron chi connectivity index (χ3n) is 4.02. The highest BCUT2D eigenvalue weighted by Crippen LogP contribution is 2.15. The van der Waals surface area contributed by atoms with E-state index in [1.807, 2.05) is 12.1 Å². The minimum Gasteiger partial charge on any atom is -0.497 e. The van der Waals surface area contributed by atoms with Crippen molar-refractivity contribution in [3.05, 3.63) is 71.3 Å². The molecule has 0 spiro atoms. The van der Waals surface area contributed by atoms with Crippen molar-refractivity contribution in [1.82, 2.24) is 20.1 Å². The van der Waals surface area contributed by atoms with Gasteiger partial charge in [0.05, 0.1) is 12.8 Å². The van der Waals surface area contributed by atoms with Gasteiger partial charge in [0, 0.05) is 42.8 Å². The van der Waals surface area contributed by atoms with Crippen molar-refractivity contribution in [2.75, 3.05) is 19.0 Å². The number of ether oxygens (including phenoxy) is 1. The summed E-state index contributed by atoms with van der Waals surface area (Å²) >= 11 is 0. The van der Waals surface area contributed by atoms with Crippen LogP contribution in [0, 0.1) is 0 Å². The number of nitrogens with zero attached hydrogens (tertiary/aromatic N) is 3. The summed E-state index contributed by atoms with van der Waals surface area (Å²) in [4.78, 5) is 27.9. The number of benzene rings is 1. The molecule has 0 aliphatic rings. The van der Waals surface area contributed by atoms with Gasteiger partial charge in [-0.15, -0.1) is 0 Å². The summed E-state index contributed by atoms with van der Waals surface area (Å²) < 4.78 is 6.48. The molecule has 2 amide bonds. The molecule has 2 heterocycles. The standard InChI is InChI=1S/C20H21N5O3/c1-28-17-5-3-16(4-6-17)23-20(27)22-11-2-14-25-19(26)8-7-18(24-25)15-9-12-21-13-10-15/h3-10,12-13H,2,11,14H2,1H3,(H2,22,23,27). The second-order valence-corrected chi connectivity index (χ2v) is 5.98. The average molecular weight is 379 g/mol. The van der Waals surface area contributed by atoms with Crippen LogP contribution in [0.1, 0.15) is 6.42 Å². The summed E-state index contributed by atoms with van der Waals surface area (Å²) in [7, 11) is 1.59. The number of carbonyl (C=O) groups is 1. The Labute approximate surface area is 162 Å². The molecule has 8 heteroatoms. The Morgan fingerprint density at radius 1 is 1.07 bits per heavy atom. The van der Waals surface area contributed by atoms with Gasteiger partial charge in [-0.3, -0.25) is 9.78 Å². The summed E-state index contributed by atoms with van der Waals surface area (Å²) in [6.45, 7) is 0.816. The lowest BCUT2D eigenvalue weighted by molar-refractivity contribution is 0.251. The molecule has 0 saturated carbocycles. The highest BCUT2D eigenvalue weighted by molar-refractivity contribution is 5.89. The van der Waals surface area contributed by atoms with Gasteiger partial charge in [0.25, 0.3) is 5.56 Å². The summed E-state index contributed by atoms with van der Waals surface area (Å²) in [6.07, 6.45) is 3.93.